The second kappa shape index (κ2) is 8.99. The summed E-state index contributed by atoms with van der Waals surface area (Å²) in [7, 11) is 3.00. The predicted molar refractivity (Wildman–Crippen MR) is 111 cm³/mol. The second-order valence-electron chi connectivity index (χ2n) is 7.51. The Bertz CT molecular complexity index is 872. The SMILES string of the molecule is COc1cccc(OC)c1C(=O)N[C@H](C(=O)N1CCc2ccccc2C1)C(C)C. The van der Waals surface area contributed by atoms with Crippen LogP contribution in [0.5, 0.6) is 11.5 Å². The summed E-state index contributed by atoms with van der Waals surface area (Å²) >= 11 is 0. The van der Waals surface area contributed by atoms with Crippen molar-refractivity contribution in [3.05, 3.63) is 59.2 Å². The van der Waals surface area contributed by atoms with Crippen molar-refractivity contribution in [2.45, 2.75) is 32.9 Å². The topological polar surface area (TPSA) is 67.9 Å². The molecule has 0 bridgehead atoms. The Morgan fingerprint density at radius 2 is 1.59 bits per heavy atom. The normalized spacial score (nSPS) is 14.2. The van der Waals surface area contributed by atoms with Gasteiger partial charge in [-0.2, -0.15) is 0 Å². The third kappa shape index (κ3) is 4.36. The smallest absolute Gasteiger partial charge is 0.259 e. The lowest BCUT2D eigenvalue weighted by Crippen LogP contribution is -2.52. The average molecular weight is 396 g/mol. The zero-order chi connectivity index (χ0) is 21.0. The maximum Gasteiger partial charge on any atom is 0.259 e. The van der Waals surface area contributed by atoms with Crippen molar-refractivity contribution < 1.29 is 19.1 Å². The zero-order valence-corrected chi connectivity index (χ0v) is 17.4. The van der Waals surface area contributed by atoms with Crippen molar-refractivity contribution in [2.24, 2.45) is 5.92 Å². The molecule has 0 radical (unpaired) electrons. The standard InChI is InChI=1S/C23H28N2O4/c1-15(2)21(23(27)25-13-12-16-8-5-6-9-17(16)14-25)24-22(26)20-18(28-3)10-7-11-19(20)29-4/h5-11,15,21H,12-14H2,1-4H3,(H,24,26)/t21-/m0/s1. The first-order valence-corrected chi connectivity index (χ1v) is 9.83. The van der Waals surface area contributed by atoms with Gasteiger partial charge in [0, 0.05) is 13.1 Å². The Morgan fingerprint density at radius 1 is 0.966 bits per heavy atom. The van der Waals surface area contributed by atoms with Gasteiger partial charge in [0.25, 0.3) is 5.91 Å². The maximum absolute atomic E-state index is 13.3. The summed E-state index contributed by atoms with van der Waals surface area (Å²) < 4.78 is 10.7. The molecule has 29 heavy (non-hydrogen) atoms. The van der Waals surface area contributed by atoms with Crippen LogP contribution < -0.4 is 14.8 Å². The lowest BCUT2D eigenvalue weighted by atomic mass is 9.97. The highest BCUT2D eigenvalue weighted by Crippen LogP contribution is 2.28. The number of ether oxygens (including phenoxy) is 2. The van der Waals surface area contributed by atoms with Gasteiger partial charge in [-0.25, -0.2) is 0 Å². The van der Waals surface area contributed by atoms with Gasteiger partial charge in [0.1, 0.15) is 23.1 Å². The van der Waals surface area contributed by atoms with Gasteiger partial charge >= 0.3 is 0 Å². The molecule has 0 fully saturated rings. The molecule has 0 spiro atoms. The van der Waals surface area contributed by atoms with Crippen LogP contribution in [-0.2, 0) is 17.8 Å². The monoisotopic (exact) mass is 396 g/mol. The van der Waals surface area contributed by atoms with Gasteiger partial charge in [0.15, 0.2) is 0 Å². The highest BCUT2D eigenvalue weighted by molar-refractivity contribution is 6.02. The van der Waals surface area contributed by atoms with Crippen LogP contribution in [-0.4, -0.2) is 43.5 Å². The predicted octanol–water partition coefficient (Wildman–Crippen LogP) is 3.04. The summed E-state index contributed by atoms with van der Waals surface area (Å²) in [6.45, 7) is 5.07. The second-order valence-corrected chi connectivity index (χ2v) is 7.51. The van der Waals surface area contributed by atoms with Gasteiger partial charge < -0.3 is 19.7 Å². The molecular weight excluding hydrogens is 368 g/mol. The number of hydrogen-bond donors (Lipinski definition) is 1. The third-order valence-corrected chi connectivity index (χ3v) is 5.32. The molecule has 0 unspecified atom stereocenters. The number of rotatable bonds is 6. The van der Waals surface area contributed by atoms with Gasteiger partial charge in [-0.15, -0.1) is 0 Å². The maximum atomic E-state index is 13.3. The first-order valence-electron chi connectivity index (χ1n) is 9.83. The molecular formula is C23H28N2O4. The minimum Gasteiger partial charge on any atom is -0.496 e. The van der Waals surface area contributed by atoms with Crippen LogP contribution >= 0.6 is 0 Å². The van der Waals surface area contributed by atoms with E-state index in [1.165, 1.54) is 19.8 Å². The van der Waals surface area contributed by atoms with Gasteiger partial charge in [-0.3, -0.25) is 9.59 Å². The van der Waals surface area contributed by atoms with E-state index in [1.807, 2.05) is 30.9 Å². The third-order valence-electron chi connectivity index (χ3n) is 5.32. The minimum absolute atomic E-state index is 0.0654. The van der Waals surface area contributed by atoms with Crippen molar-refractivity contribution in [1.82, 2.24) is 10.2 Å². The fourth-order valence-corrected chi connectivity index (χ4v) is 3.68. The molecule has 0 saturated heterocycles. The molecule has 0 saturated carbocycles. The van der Waals surface area contributed by atoms with Crippen molar-refractivity contribution in [3.8, 4) is 11.5 Å². The van der Waals surface area contributed by atoms with E-state index in [0.717, 1.165) is 12.0 Å². The largest absolute Gasteiger partial charge is 0.496 e. The molecule has 2 aromatic carbocycles. The summed E-state index contributed by atoms with van der Waals surface area (Å²) in [5.41, 5.74) is 2.73. The van der Waals surface area contributed by atoms with Crippen molar-refractivity contribution in [2.75, 3.05) is 20.8 Å². The van der Waals surface area contributed by atoms with Crippen LogP contribution in [0, 0.1) is 5.92 Å². The number of benzene rings is 2. The van der Waals surface area contributed by atoms with E-state index in [9.17, 15) is 9.59 Å². The summed E-state index contributed by atoms with van der Waals surface area (Å²) in [6, 6.07) is 12.7. The van der Waals surface area contributed by atoms with E-state index >= 15 is 0 Å². The van der Waals surface area contributed by atoms with Gasteiger partial charge in [0.2, 0.25) is 5.91 Å². The van der Waals surface area contributed by atoms with E-state index in [1.54, 1.807) is 18.2 Å². The average Bonchev–Trinajstić information content (AvgIpc) is 2.75. The highest BCUT2D eigenvalue weighted by atomic mass is 16.5. The number of nitrogens with one attached hydrogen (secondary N) is 1. The number of nitrogens with zero attached hydrogens (tertiary/aromatic N) is 1. The van der Waals surface area contributed by atoms with E-state index in [-0.39, 0.29) is 17.7 Å². The molecule has 2 aromatic rings. The molecule has 1 aliphatic heterocycles. The Balaban J connectivity index is 1.81. The van der Waals surface area contributed by atoms with Crippen LogP contribution in [0.4, 0.5) is 0 Å². The minimum atomic E-state index is -0.637. The lowest BCUT2D eigenvalue weighted by Gasteiger charge is -2.33. The van der Waals surface area contributed by atoms with Crippen molar-refractivity contribution >= 4 is 11.8 Å². The van der Waals surface area contributed by atoms with Crippen molar-refractivity contribution in [1.29, 1.82) is 0 Å². The number of methoxy groups -OCH3 is 2. The van der Waals surface area contributed by atoms with Crippen LogP contribution in [0.25, 0.3) is 0 Å². The van der Waals surface area contributed by atoms with Gasteiger partial charge in [-0.1, -0.05) is 44.2 Å². The molecule has 1 N–H and O–H groups in total. The molecule has 6 heteroatoms. The van der Waals surface area contributed by atoms with E-state index in [0.29, 0.717) is 30.2 Å². The molecule has 0 aliphatic carbocycles. The Labute approximate surface area is 171 Å². The molecule has 1 heterocycles. The van der Waals surface area contributed by atoms with Crippen LogP contribution in [0.15, 0.2) is 42.5 Å². The summed E-state index contributed by atoms with van der Waals surface area (Å²) in [5.74, 6) is 0.289. The van der Waals surface area contributed by atoms with Crippen LogP contribution in [0.3, 0.4) is 0 Å². The Morgan fingerprint density at radius 3 is 2.17 bits per heavy atom. The molecule has 1 aliphatic rings. The van der Waals surface area contributed by atoms with Crippen molar-refractivity contribution in [3.63, 3.8) is 0 Å². The van der Waals surface area contributed by atoms with Crippen LogP contribution in [0.1, 0.15) is 35.3 Å². The zero-order valence-electron chi connectivity index (χ0n) is 17.4. The first kappa shape index (κ1) is 20.7. The molecule has 6 nitrogen and oxygen atoms in total. The first-order chi connectivity index (χ1) is 14.0. The van der Waals surface area contributed by atoms with Gasteiger partial charge in [0.05, 0.1) is 14.2 Å². The lowest BCUT2D eigenvalue weighted by molar-refractivity contribution is -0.135. The number of carbonyl (C=O) groups is 2. The number of carbonyl (C=O) groups excluding carboxylic acids is 2. The van der Waals surface area contributed by atoms with E-state index in [2.05, 4.69) is 17.4 Å². The quantitative estimate of drug-likeness (QED) is 0.815. The van der Waals surface area contributed by atoms with E-state index < -0.39 is 6.04 Å². The highest BCUT2D eigenvalue weighted by Gasteiger charge is 2.32. The van der Waals surface area contributed by atoms with Gasteiger partial charge in [-0.05, 0) is 35.6 Å². The summed E-state index contributed by atoms with van der Waals surface area (Å²) in [5, 5.41) is 2.91. The molecule has 1 atom stereocenters. The van der Waals surface area contributed by atoms with Crippen LogP contribution in [0.2, 0.25) is 0 Å². The summed E-state index contributed by atoms with van der Waals surface area (Å²) in [6.07, 6.45) is 0.820. The van der Waals surface area contributed by atoms with E-state index in [4.69, 9.17) is 9.47 Å². The Kier molecular flexibility index (Phi) is 6.42. The number of fused-ring (bicyclic) bond motifs is 1. The molecule has 2 amide bonds. The Hall–Kier alpha value is -3.02. The summed E-state index contributed by atoms with van der Waals surface area (Å²) in [4.78, 5) is 28.2. The number of hydrogen-bond acceptors (Lipinski definition) is 4. The molecule has 0 aromatic heterocycles. The fraction of sp³-hybridized carbons (Fsp3) is 0.391. The molecule has 154 valence electrons. The molecule has 3 rings (SSSR count). The fourth-order valence-electron chi connectivity index (χ4n) is 3.68. The number of amides is 2.